The minimum absolute atomic E-state index is 0.0570. The van der Waals surface area contributed by atoms with Crippen LogP contribution in [-0.4, -0.2) is 73.7 Å². The van der Waals surface area contributed by atoms with Gasteiger partial charge >= 0.3 is 0 Å². The maximum Gasteiger partial charge on any atom is 0.136 e. The fourth-order valence-corrected chi connectivity index (χ4v) is 8.87. The first-order valence-corrected chi connectivity index (χ1v) is 19.1. The molecular formula is C48H48O9. The van der Waals surface area contributed by atoms with E-state index in [9.17, 15) is 5.11 Å². The molecule has 0 bridgehead atoms. The number of methoxy groups -OCH3 is 5. The highest BCUT2D eigenvalue weighted by Gasteiger charge is 2.47. The van der Waals surface area contributed by atoms with Crippen molar-refractivity contribution in [3.05, 3.63) is 137 Å². The van der Waals surface area contributed by atoms with E-state index in [1.54, 1.807) is 35.5 Å². The highest BCUT2D eigenvalue weighted by molar-refractivity contribution is 6.10. The fourth-order valence-electron chi connectivity index (χ4n) is 8.87. The van der Waals surface area contributed by atoms with E-state index in [1.165, 1.54) is 0 Å². The predicted molar refractivity (Wildman–Crippen MR) is 221 cm³/mol. The van der Waals surface area contributed by atoms with E-state index >= 15 is 0 Å². The molecule has 2 unspecified atom stereocenters. The van der Waals surface area contributed by atoms with Crippen LogP contribution in [0.2, 0.25) is 0 Å². The van der Waals surface area contributed by atoms with Gasteiger partial charge in [-0.2, -0.15) is 0 Å². The van der Waals surface area contributed by atoms with Crippen molar-refractivity contribution in [2.45, 2.75) is 24.4 Å². The summed E-state index contributed by atoms with van der Waals surface area (Å²) in [6.07, 6.45) is 9.44. The molecule has 1 N–H and O–H groups in total. The van der Waals surface area contributed by atoms with Gasteiger partial charge in [0.1, 0.15) is 46.7 Å². The Morgan fingerprint density at radius 3 is 2.12 bits per heavy atom. The van der Waals surface area contributed by atoms with Crippen LogP contribution in [0.3, 0.4) is 0 Å². The smallest absolute Gasteiger partial charge is 0.136 e. The van der Waals surface area contributed by atoms with E-state index in [0.717, 1.165) is 89.6 Å². The van der Waals surface area contributed by atoms with Crippen LogP contribution < -0.4 is 28.4 Å². The maximum atomic E-state index is 9.39. The molecule has 0 spiro atoms. The lowest BCUT2D eigenvalue weighted by Crippen LogP contribution is -2.30. The third kappa shape index (κ3) is 6.40. The number of hydrogen-bond acceptors (Lipinski definition) is 9. The number of fused-ring (bicyclic) bond motifs is 8. The molecule has 9 nitrogen and oxygen atoms in total. The van der Waals surface area contributed by atoms with Crippen LogP contribution in [0.5, 0.6) is 34.5 Å². The van der Waals surface area contributed by atoms with Gasteiger partial charge in [-0.05, 0) is 107 Å². The Morgan fingerprint density at radius 2 is 1.39 bits per heavy atom. The standard InChI is InChI=1S/C48H48O9/c1-47(57-25-24-55-23-21-49)41-27-34(52-4)14-17-38(41)43-37-16-13-33(51-3)26-39(37)46-44(45(43)47)36(19-22-56-46)30-8-7-20-48(29-30,31-9-11-32(50-2)12-10-31)40-18-15-35(53-5)28-42(40)54-6/h7-20,26-28,49H,21-25,29H2,1-6H3. The molecule has 0 saturated carbocycles. The molecular weight excluding hydrogens is 721 g/mol. The monoisotopic (exact) mass is 768 g/mol. The van der Waals surface area contributed by atoms with Crippen LogP contribution in [0.15, 0.2) is 109 Å². The summed E-state index contributed by atoms with van der Waals surface area (Å²) in [5.74, 6) is 4.47. The van der Waals surface area contributed by atoms with Crippen molar-refractivity contribution in [2.75, 3.05) is 68.6 Å². The van der Waals surface area contributed by atoms with Gasteiger partial charge in [0, 0.05) is 33.6 Å². The van der Waals surface area contributed by atoms with Crippen LogP contribution in [0.4, 0.5) is 0 Å². The van der Waals surface area contributed by atoms with Crippen LogP contribution in [0.25, 0.3) is 27.5 Å². The highest BCUT2D eigenvalue weighted by atomic mass is 16.5. The Hall–Kier alpha value is -5.74. The molecule has 0 radical (unpaired) electrons. The summed E-state index contributed by atoms with van der Waals surface area (Å²) in [5.41, 5.74) is 7.83. The van der Waals surface area contributed by atoms with Crippen molar-refractivity contribution in [1.82, 2.24) is 0 Å². The van der Waals surface area contributed by atoms with E-state index in [-0.39, 0.29) is 13.2 Å². The Labute approximate surface area is 333 Å². The number of aliphatic hydroxyl groups excluding tert-OH is 1. The Kier molecular flexibility index (Phi) is 10.5. The zero-order valence-electron chi connectivity index (χ0n) is 33.3. The van der Waals surface area contributed by atoms with Gasteiger partial charge in [0.25, 0.3) is 0 Å². The molecule has 0 fully saturated rings. The maximum absolute atomic E-state index is 9.39. The summed E-state index contributed by atoms with van der Waals surface area (Å²) in [5, 5.41) is 11.4. The van der Waals surface area contributed by atoms with Crippen molar-refractivity contribution in [3.8, 4) is 45.6 Å². The van der Waals surface area contributed by atoms with E-state index in [4.69, 9.17) is 37.9 Å². The minimum atomic E-state index is -0.933. The van der Waals surface area contributed by atoms with E-state index in [1.807, 2.05) is 36.4 Å². The predicted octanol–water partition coefficient (Wildman–Crippen LogP) is 8.80. The molecule has 294 valence electrons. The van der Waals surface area contributed by atoms with Crippen molar-refractivity contribution >= 4 is 16.3 Å². The normalized spacial score (nSPS) is 19.1. The second-order valence-corrected chi connectivity index (χ2v) is 14.4. The van der Waals surface area contributed by atoms with E-state index in [2.05, 4.69) is 73.7 Å². The lowest BCUT2D eigenvalue weighted by Gasteiger charge is -2.38. The van der Waals surface area contributed by atoms with Gasteiger partial charge in [-0.25, -0.2) is 0 Å². The third-order valence-corrected chi connectivity index (χ3v) is 11.6. The van der Waals surface area contributed by atoms with Gasteiger partial charge < -0.3 is 43.0 Å². The van der Waals surface area contributed by atoms with Gasteiger partial charge in [0.05, 0.1) is 62.0 Å². The number of hydrogen-bond donors (Lipinski definition) is 1. The van der Waals surface area contributed by atoms with Crippen LogP contribution in [0, 0.1) is 0 Å². The molecule has 5 aromatic carbocycles. The fraction of sp³-hybridized carbons (Fsp3) is 0.292. The summed E-state index contributed by atoms with van der Waals surface area (Å²) in [6.45, 7) is 3.30. The summed E-state index contributed by atoms with van der Waals surface area (Å²) >= 11 is 0. The second-order valence-electron chi connectivity index (χ2n) is 14.4. The average molecular weight is 769 g/mol. The van der Waals surface area contributed by atoms with Crippen LogP contribution >= 0.6 is 0 Å². The first-order valence-electron chi connectivity index (χ1n) is 19.1. The van der Waals surface area contributed by atoms with Crippen molar-refractivity contribution < 1.29 is 43.0 Å². The molecule has 0 amide bonds. The minimum Gasteiger partial charge on any atom is -0.497 e. The zero-order chi connectivity index (χ0) is 39.7. The van der Waals surface area contributed by atoms with E-state index in [0.29, 0.717) is 32.0 Å². The molecule has 9 heteroatoms. The molecule has 2 atom stereocenters. The molecule has 5 aromatic rings. The summed E-state index contributed by atoms with van der Waals surface area (Å²) < 4.78 is 48.3. The molecule has 1 aliphatic heterocycles. The lowest BCUT2D eigenvalue weighted by molar-refractivity contribution is -0.0377. The first-order chi connectivity index (χ1) is 27.8. The van der Waals surface area contributed by atoms with Crippen LogP contribution in [0.1, 0.15) is 41.2 Å². The molecule has 0 aromatic heterocycles. The van der Waals surface area contributed by atoms with Gasteiger partial charge in [-0.15, -0.1) is 0 Å². The summed E-state index contributed by atoms with van der Waals surface area (Å²) in [7, 11) is 8.41. The quantitative estimate of drug-likeness (QED) is 0.111. The number of ether oxygens (including phenoxy) is 8. The first kappa shape index (κ1) is 38.1. The topological polar surface area (TPSA) is 94.1 Å². The SMILES string of the molecule is COc1ccc(C2(c3ccc(OC)cc3OC)C=CC=C(C3=CCOc4c3c3c(c5ccc(OC)cc45)-c4ccc(OC)cc4C3(C)OCCOCCO)C2)cc1. The van der Waals surface area contributed by atoms with Gasteiger partial charge in [0.2, 0.25) is 0 Å². The second kappa shape index (κ2) is 15.7. The molecule has 0 saturated heterocycles. The molecule has 2 aliphatic carbocycles. The molecule has 3 aliphatic rings. The van der Waals surface area contributed by atoms with Gasteiger partial charge in [-0.3, -0.25) is 0 Å². The summed E-state index contributed by atoms with van der Waals surface area (Å²) in [6, 6.07) is 26.7. The van der Waals surface area contributed by atoms with Gasteiger partial charge in [0.15, 0.2) is 0 Å². The Morgan fingerprint density at radius 1 is 0.684 bits per heavy atom. The molecule has 57 heavy (non-hydrogen) atoms. The largest absolute Gasteiger partial charge is 0.497 e. The molecule has 1 heterocycles. The number of allylic oxidation sites excluding steroid dienone is 5. The van der Waals surface area contributed by atoms with E-state index < -0.39 is 11.0 Å². The number of rotatable bonds is 14. The van der Waals surface area contributed by atoms with Crippen LogP contribution in [-0.2, 0) is 20.5 Å². The lowest BCUT2D eigenvalue weighted by atomic mass is 9.66. The highest BCUT2D eigenvalue weighted by Crippen LogP contribution is 2.60. The molecule has 8 rings (SSSR count). The zero-order valence-corrected chi connectivity index (χ0v) is 33.3. The number of aliphatic hydroxyl groups is 1. The van der Waals surface area contributed by atoms with Crippen molar-refractivity contribution in [1.29, 1.82) is 0 Å². The van der Waals surface area contributed by atoms with Gasteiger partial charge in [-0.1, -0.05) is 42.5 Å². The number of benzene rings is 5. The van der Waals surface area contributed by atoms with Crippen molar-refractivity contribution in [2.24, 2.45) is 0 Å². The Bertz CT molecular complexity index is 2410. The average Bonchev–Trinajstić information content (AvgIpc) is 3.53. The third-order valence-electron chi connectivity index (χ3n) is 11.6. The Balaban J connectivity index is 1.36. The summed E-state index contributed by atoms with van der Waals surface area (Å²) in [4.78, 5) is 0. The van der Waals surface area contributed by atoms with Crippen molar-refractivity contribution in [3.63, 3.8) is 0 Å².